The molecule has 1 amide bonds. The minimum absolute atomic E-state index is 0.0524. The van der Waals surface area contributed by atoms with Crippen LogP contribution in [0.4, 0.5) is 26.3 Å². The summed E-state index contributed by atoms with van der Waals surface area (Å²) in [5.74, 6) is -0.563. The molecule has 1 aliphatic heterocycles. The quantitative estimate of drug-likeness (QED) is 0.299. The first-order valence-electron chi connectivity index (χ1n) is 12.8. The lowest BCUT2D eigenvalue weighted by molar-refractivity contribution is -0.143. The molecule has 7 nitrogen and oxygen atoms in total. The molecular weight excluding hydrogens is 552 g/mol. The maximum atomic E-state index is 13.5. The second kappa shape index (κ2) is 11.0. The number of aromatic nitrogens is 3. The number of aromatic amines is 1. The Hall–Kier alpha value is -4.13. The van der Waals surface area contributed by atoms with Crippen molar-refractivity contribution in [3.63, 3.8) is 0 Å². The maximum Gasteiger partial charge on any atom is 0.416 e. The van der Waals surface area contributed by atoms with Crippen LogP contribution in [-0.4, -0.2) is 38.4 Å². The number of nitrogens with one attached hydrogen (secondary N) is 2. The van der Waals surface area contributed by atoms with E-state index in [-0.39, 0.29) is 23.4 Å². The molecule has 4 aromatic rings. The van der Waals surface area contributed by atoms with Crippen LogP contribution in [0.25, 0.3) is 11.2 Å². The van der Waals surface area contributed by atoms with Gasteiger partial charge in [0, 0.05) is 31.9 Å². The molecule has 1 saturated heterocycles. The van der Waals surface area contributed by atoms with Crippen molar-refractivity contribution in [1.29, 1.82) is 0 Å². The van der Waals surface area contributed by atoms with Gasteiger partial charge >= 0.3 is 18.0 Å². The molecule has 1 aliphatic rings. The SMILES string of the molecule is O=C(NCc1cc(C(F)(F)F)cc(C(F)(F)F)c1)C(c1ccccc1)N1CCC(n2c(=O)[nH]c3cccnc32)CC1. The molecule has 1 unspecified atom stereocenters. The zero-order valence-corrected chi connectivity index (χ0v) is 21.5. The number of likely N-dealkylation sites (tertiary alicyclic amines) is 1. The van der Waals surface area contributed by atoms with E-state index in [1.54, 1.807) is 53.2 Å². The van der Waals surface area contributed by atoms with Crippen LogP contribution in [0.2, 0.25) is 0 Å². The Morgan fingerprint density at radius 2 is 1.59 bits per heavy atom. The van der Waals surface area contributed by atoms with Gasteiger partial charge in [-0.25, -0.2) is 9.78 Å². The van der Waals surface area contributed by atoms with E-state index in [1.807, 2.05) is 4.90 Å². The zero-order valence-electron chi connectivity index (χ0n) is 21.5. The van der Waals surface area contributed by atoms with Crippen molar-refractivity contribution in [3.8, 4) is 0 Å². The lowest BCUT2D eigenvalue weighted by Gasteiger charge is -2.37. The number of halogens is 6. The second-order valence-electron chi connectivity index (χ2n) is 9.89. The van der Waals surface area contributed by atoms with Gasteiger partial charge in [0.05, 0.1) is 16.6 Å². The van der Waals surface area contributed by atoms with Gasteiger partial charge < -0.3 is 10.3 Å². The summed E-state index contributed by atoms with van der Waals surface area (Å²) >= 11 is 0. The largest absolute Gasteiger partial charge is 0.416 e. The number of carbonyl (C=O) groups is 1. The van der Waals surface area contributed by atoms with E-state index < -0.39 is 42.0 Å². The van der Waals surface area contributed by atoms with Gasteiger partial charge in [0.2, 0.25) is 5.91 Å². The predicted molar refractivity (Wildman–Crippen MR) is 138 cm³/mol. The van der Waals surface area contributed by atoms with Crippen molar-refractivity contribution in [2.75, 3.05) is 13.1 Å². The number of amides is 1. The standard InChI is InChI=1S/C28H25F6N5O2/c29-27(30,31)19-13-17(14-20(15-19)28(32,33)34)16-36-25(40)23(18-5-2-1-3-6-18)38-11-8-21(9-12-38)39-24-22(37-26(39)41)7-4-10-35-24/h1-7,10,13-15,21,23H,8-9,11-12,16H2,(H,36,40)(H,37,41). The number of H-pyrrole nitrogens is 1. The summed E-state index contributed by atoms with van der Waals surface area (Å²) in [5, 5.41) is 2.54. The van der Waals surface area contributed by atoms with E-state index in [0.29, 0.717) is 54.8 Å². The first-order chi connectivity index (χ1) is 19.4. The minimum Gasteiger partial charge on any atom is -0.350 e. The summed E-state index contributed by atoms with van der Waals surface area (Å²) in [6.45, 7) is 0.290. The first-order valence-corrected chi connectivity index (χ1v) is 12.8. The monoisotopic (exact) mass is 577 g/mol. The lowest BCUT2D eigenvalue weighted by Crippen LogP contribution is -2.45. The number of imidazole rings is 1. The Morgan fingerprint density at radius 3 is 2.20 bits per heavy atom. The molecule has 13 heteroatoms. The molecule has 1 fully saturated rings. The number of fused-ring (bicyclic) bond motifs is 1. The first kappa shape index (κ1) is 28.4. The molecule has 0 saturated carbocycles. The number of pyridine rings is 1. The molecule has 216 valence electrons. The molecule has 2 aromatic carbocycles. The van der Waals surface area contributed by atoms with Gasteiger partial charge in [-0.1, -0.05) is 30.3 Å². The Kier molecular flexibility index (Phi) is 7.64. The maximum absolute atomic E-state index is 13.5. The third-order valence-electron chi connectivity index (χ3n) is 7.18. The van der Waals surface area contributed by atoms with E-state index in [1.165, 1.54) is 0 Å². The fourth-order valence-electron chi connectivity index (χ4n) is 5.27. The van der Waals surface area contributed by atoms with E-state index in [2.05, 4.69) is 15.3 Å². The van der Waals surface area contributed by atoms with Crippen LogP contribution in [0, 0.1) is 0 Å². The van der Waals surface area contributed by atoms with Crippen molar-refractivity contribution >= 4 is 17.1 Å². The van der Waals surface area contributed by atoms with Crippen LogP contribution in [0.1, 0.15) is 47.2 Å². The van der Waals surface area contributed by atoms with Crippen molar-refractivity contribution in [1.82, 2.24) is 24.8 Å². The number of rotatable bonds is 6. The highest BCUT2D eigenvalue weighted by Crippen LogP contribution is 2.36. The van der Waals surface area contributed by atoms with Crippen molar-refractivity contribution in [2.45, 2.75) is 43.8 Å². The Labute approximate surface area is 229 Å². The molecule has 0 aliphatic carbocycles. The molecule has 3 heterocycles. The Bertz CT molecular complexity index is 1560. The average Bonchev–Trinajstić information content (AvgIpc) is 3.27. The number of benzene rings is 2. The fourth-order valence-corrected chi connectivity index (χ4v) is 5.27. The molecular formula is C28H25F6N5O2. The van der Waals surface area contributed by atoms with Crippen LogP contribution >= 0.6 is 0 Å². The zero-order chi connectivity index (χ0) is 29.4. The van der Waals surface area contributed by atoms with Crippen molar-refractivity contribution < 1.29 is 31.1 Å². The van der Waals surface area contributed by atoms with Gasteiger partial charge in [0.1, 0.15) is 6.04 Å². The fraction of sp³-hybridized carbons (Fsp3) is 0.321. The van der Waals surface area contributed by atoms with Crippen LogP contribution < -0.4 is 11.0 Å². The third kappa shape index (κ3) is 6.14. The summed E-state index contributed by atoms with van der Waals surface area (Å²) < 4.78 is 81.3. The Balaban J connectivity index is 1.35. The van der Waals surface area contributed by atoms with Crippen LogP contribution in [0.3, 0.4) is 0 Å². The number of hydrogen-bond donors (Lipinski definition) is 2. The normalized spacial score (nSPS) is 16.1. The molecule has 5 rings (SSSR count). The van der Waals surface area contributed by atoms with E-state index in [4.69, 9.17) is 0 Å². The molecule has 41 heavy (non-hydrogen) atoms. The van der Waals surface area contributed by atoms with Crippen LogP contribution in [0.15, 0.2) is 71.7 Å². The summed E-state index contributed by atoms with van der Waals surface area (Å²) in [6.07, 6.45) is -7.34. The number of alkyl halides is 6. The average molecular weight is 578 g/mol. The van der Waals surface area contributed by atoms with Crippen molar-refractivity contribution in [3.05, 3.63) is 99.6 Å². The topological polar surface area (TPSA) is 83.0 Å². The van der Waals surface area contributed by atoms with Crippen LogP contribution in [0.5, 0.6) is 0 Å². The molecule has 1 atom stereocenters. The van der Waals surface area contributed by atoms with Crippen molar-refractivity contribution in [2.24, 2.45) is 0 Å². The molecule has 2 aromatic heterocycles. The number of piperidine rings is 1. The second-order valence-corrected chi connectivity index (χ2v) is 9.89. The van der Waals surface area contributed by atoms with Gasteiger partial charge in [-0.2, -0.15) is 26.3 Å². The van der Waals surface area contributed by atoms with Gasteiger partial charge in [-0.3, -0.25) is 14.3 Å². The Morgan fingerprint density at radius 1 is 0.951 bits per heavy atom. The van der Waals surface area contributed by atoms with Gasteiger partial charge in [-0.15, -0.1) is 0 Å². The van der Waals surface area contributed by atoms with Gasteiger partial charge in [0.15, 0.2) is 5.65 Å². The highest BCUT2D eigenvalue weighted by atomic mass is 19.4. The number of carbonyl (C=O) groups excluding carboxylic acids is 1. The smallest absolute Gasteiger partial charge is 0.350 e. The number of hydrogen-bond acceptors (Lipinski definition) is 4. The van der Waals surface area contributed by atoms with E-state index in [9.17, 15) is 35.9 Å². The summed E-state index contributed by atoms with van der Waals surface area (Å²) in [5.41, 5.74) is -1.72. The van der Waals surface area contributed by atoms with E-state index in [0.717, 1.165) is 0 Å². The minimum atomic E-state index is -4.99. The summed E-state index contributed by atoms with van der Waals surface area (Å²) in [6, 6.07) is 12.4. The predicted octanol–water partition coefficient (Wildman–Crippen LogP) is 5.46. The summed E-state index contributed by atoms with van der Waals surface area (Å²) in [7, 11) is 0. The molecule has 0 radical (unpaired) electrons. The summed E-state index contributed by atoms with van der Waals surface area (Å²) in [4.78, 5) is 35.1. The van der Waals surface area contributed by atoms with Gasteiger partial charge in [0.25, 0.3) is 0 Å². The highest BCUT2D eigenvalue weighted by Gasteiger charge is 2.37. The van der Waals surface area contributed by atoms with Crippen LogP contribution in [-0.2, 0) is 23.7 Å². The van der Waals surface area contributed by atoms with E-state index >= 15 is 0 Å². The third-order valence-corrected chi connectivity index (χ3v) is 7.18. The molecule has 2 N–H and O–H groups in total. The lowest BCUT2D eigenvalue weighted by atomic mass is 9.98. The van der Waals surface area contributed by atoms with Gasteiger partial charge in [-0.05, 0) is 54.3 Å². The molecule has 0 spiro atoms. The highest BCUT2D eigenvalue weighted by molar-refractivity contribution is 5.83. The molecule has 0 bridgehead atoms. The number of nitrogens with zero attached hydrogens (tertiary/aromatic N) is 3.